The van der Waals surface area contributed by atoms with E-state index in [9.17, 15) is 14.4 Å². The SMILES string of the molecule is CC/C=C\C/C=C\C/C=C\C/C=C\C/C=C\CCCCCCCC(=O)OC(COC(=O)CCCCCCCCCCCCCCCCCCCCCC)COC(=O)CCCCCCCCCCCCCCCCCCCCCCCC. The first kappa shape index (κ1) is 78.1. The van der Waals surface area contributed by atoms with Crippen LogP contribution in [0.1, 0.15) is 380 Å². The summed E-state index contributed by atoms with van der Waals surface area (Å²) in [5, 5.41) is 0. The number of allylic oxidation sites excluding steroid dienone is 10. The highest BCUT2D eigenvalue weighted by Gasteiger charge is 2.19. The van der Waals surface area contributed by atoms with E-state index in [2.05, 4.69) is 81.5 Å². The van der Waals surface area contributed by atoms with Gasteiger partial charge in [0.05, 0.1) is 0 Å². The molecule has 0 aliphatic rings. The third-order valence-electron chi connectivity index (χ3n) is 16.0. The Hall–Kier alpha value is -2.89. The van der Waals surface area contributed by atoms with Crippen LogP contribution in [0.5, 0.6) is 0 Å². The molecule has 81 heavy (non-hydrogen) atoms. The Morgan fingerprint density at radius 1 is 0.259 bits per heavy atom. The lowest BCUT2D eigenvalue weighted by Crippen LogP contribution is -2.30. The molecule has 6 heteroatoms. The molecule has 0 aliphatic heterocycles. The zero-order valence-corrected chi connectivity index (χ0v) is 54.3. The van der Waals surface area contributed by atoms with Gasteiger partial charge in [-0.05, 0) is 64.2 Å². The topological polar surface area (TPSA) is 78.9 Å². The average molecular weight is 1130 g/mol. The molecular weight excluding hydrogens is 997 g/mol. The number of hydrogen-bond acceptors (Lipinski definition) is 6. The second-order valence-corrected chi connectivity index (χ2v) is 24.1. The van der Waals surface area contributed by atoms with E-state index in [4.69, 9.17) is 14.2 Å². The standard InChI is InChI=1S/C75H136O6/c1-4-7-10-13-16-19-22-25-28-31-34-37-39-41-44-47-50-53-56-59-62-65-68-74(77)80-71-72(70-79-73(76)67-64-61-58-55-52-49-46-43-40-36-33-30-27-24-21-18-15-12-9-6-3)81-75(78)69-66-63-60-57-54-51-48-45-42-38-35-32-29-26-23-20-17-14-11-8-5-2/h8,11,17,20,26,29,35,38,45,48,72H,4-7,9-10,12-16,18-19,21-25,27-28,30-34,36-37,39-44,46-47,49-71H2,1-3H3/b11-8-,20-17-,29-26-,38-35-,48-45-. The van der Waals surface area contributed by atoms with Gasteiger partial charge in [-0.2, -0.15) is 0 Å². The first-order chi connectivity index (χ1) is 40.0. The number of hydrogen-bond donors (Lipinski definition) is 0. The normalized spacial score (nSPS) is 12.4. The number of rotatable bonds is 66. The fraction of sp³-hybridized carbons (Fsp3) is 0.827. The zero-order chi connectivity index (χ0) is 58.5. The minimum absolute atomic E-state index is 0.0771. The minimum Gasteiger partial charge on any atom is -0.462 e. The molecule has 0 heterocycles. The molecule has 0 aromatic rings. The van der Waals surface area contributed by atoms with Gasteiger partial charge in [0.15, 0.2) is 6.10 Å². The van der Waals surface area contributed by atoms with E-state index >= 15 is 0 Å². The van der Waals surface area contributed by atoms with E-state index in [1.807, 2.05) is 0 Å². The molecule has 0 rings (SSSR count). The molecule has 0 aliphatic carbocycles. The van der Waals surface area contributed by atoms with Gasteiger partial charge in [-0.25, -0.2) is 0 Å². The van der Waals surface area contributed by atoms with Crippen LogP contribution in [0.3, 0.4) is 0 Å². The van der Waals surface area contributed by atoms with Gasteiger partial charge < -0.3 is 14.2 Å². The maximum absolute atomic E-state index is 13.0. The second kappa shape index (κ2) is 69.6. The monoisotopic (exact) mass is 1130 g/mol. The molecule has 6 nitrogen and oxygen atoms in total. The van der Waals surface area contributed by atoms with E-state index < -0.39 is 6.10 Å². The van der Waals surface area contributed by atoms with Crippen LogP contribution in [-0.2, 0) is 28.6 Å². The fourth-order valence-corrected chi connectivity index (χ4v) is 10.7. The summed E-state index contributed by atoms with van der Waals surface area (Å²) < 4.78 is 17.0. The zero-order valence-electron chi connectivity index (χ0n) is 54.3. The Bertz CT molecular complexity index is 1440. The van der Waals surface area contributed by atoms with Crippen molar-refractivity contribution < 1.29 is 28.6 Å². The van der Waals surface area contributed by atoms with Gasteiger partial charge in [0, 0.05) is 19.3 Å². The van der Waals surface area contributed by atoms with E-state index in [0.717, 1.165) is 109 Å². The molecule has 1 unspecified atom stereocenters. The molecule has 1 atom stereocenters. The molecule has 0 saturated carbocycles. The summed E-state index contributed by atoms with van der Waals surface area (Å²) in [4.78, 5) is 38.5. The molecular formula is C75H136O6. The van der Waals surface area contributed by atoms with E-state index in [-0.39, 0.29) is 31.1 Å². The molecule has 0 aromatic heterocycles. The first-order valence-corrected chi connectivity index (χ1v) is 35.8. The van der Waals surface area contributed by atoms with Crippen LogP contribution in [0, 0.1) is 0 Å². The van der Waals surface area contributed by atoms with E-state index in [1.54, 1.807) is 0 Å². The minimum atomic E-state index is -0.784. The van der Waals surface area contributed by atoms with Crippen molar-refractivity contribution in [2.45, 2.75) is 386 Å². The molecule has 0 amide bonds. The van der Waals surface area contributed by atoms with Crippen molar-refractivity contribution in [3.05, 3.63) is 60.8 Å². The number of unbranched alkanes of at least 4 members (excludes halogenated alkanes) is 45. The quantitative estimate of drug-likeness (QED) is 0.0261. The first-order valence-electron chi connectivity index (χ1n) is 35.8. The highest BCUT2D eigenvalue weighted by Crippen LogP contribution is 2.19. The van der Waals surface area contributed by atoms with Crippen LogP contribution in [0.25, 0.3) is 0 Å². The van der Waals surface area contributed by atoms with Gasteiger partial charge in [-0.3, -0.25) is 14.4 Å². The summed E-state index contributed by atoms with van der Waals surface area (Å²) in [7, 11) is 0. The van der Waals surface area contributed by atoms with Crippen molar-refractivity contribution in [2.75, 3.05) is 13.2 Å². The number of carbonyl (C=O) groups excluding carboxylic acids is 3. The fourth-order valence-electron chi connectivity index (χ4n) is 10.7. The molecule has 472 valence electrons. The van der Waals surface area contributed by atoms with Gasteiger partial charge in [0.25, 0.3) is 0 Å². The van der Waals surface area contributed by atoms with E-state index in [0.29, 0.717) is 19.3 Å². The maximum Gasteiger partial charge on any atom is 0.306 e. The van der Waals surface area contributed by atoms with E-state index in [1.165, 1.54) is 231 Å². The average Bonchev–Trinajstić information content (AvgIpc) is 3.47. The number of ether oxygens (including phenoxy) is 3. The summed E-state index contributed by atoms with van der Waals surface area (Å²) in [6.45, 7) is 6.59. The van der Waals surface area contributed by atoms with Gasteiger partial charge in [0.2, 0.25) is 0 Å². The third kappa shape index (κ3) is 67.8. The molecule has 0 fully saturated rings. The van der Waals surface area contributed by atoms with Gasteiger partial charge in [-0.1, -0.05) is 358 Å². The van der Waals surface area contributed by atoms with Crippen molar-refractivity contribution in [3.63, 3.8) is 0 Å². The van der Waals surface area contributed by atoms with Crippen LogP contribution in [-0.4, -0.2) is 37.2 Å². The third-order valence-corrected chi connectivity index (χ3v) is 16.0. The van der Waals surface area contributed by atoms with Crippen molar-refractivity contribution in [1.29, 1.82) is 0 Å². The van der Waals surface area contributed by atoms with Crippen LogP contribution in [0.2, 0.25) is 0 Å². The van der Waals surface area contributed by atoms with Crippen molar-refractivity contribution in [1.82, 2.24) is 0 Å². The van der Waals surface area contributed by atoms with Crippen molar-refractivity contribution in [2.24, 2.45) is 0 Å². The molecule has 0 aromatic carbocycles. The predicted octanol–water partition coefficient (Wildman–Crippen LogP) is 24.7. The Balaban J connectivity index is 4.36. The Morgan fingerprint density at radius 3 is 0.753 bits per heavy atom. The summed E-state index contributed by atoms with van der Waals surface area (Å²) in [5.41, 5.74) is 0. The lowest BCUT2D eigenvalue weighted by atomic mass is 10.0. The van der Waals surface area contributed by atoms with Crippen LogP contribution < -0.4 is 0 Å². The number of esters is 3. The second-order valence-electron chi connectivity index (χ2n) is 24.1. The largest absolute Gasteiger partial charge is 0.462 e. The summed E-state index contributed by atoms with van der Waals surface area (Å²) >= 11 is 0. The van der Waals surface area contributed by atoms with Crippen LogP contribution in [0.4, 0.5) is 0 Å². The lowest BCUT2D eigenvalue weighted by molar-refractivity contribution is -0.167. The van der Waals surface area contributed by atoms with Crippen LogP contribution in [0.15, 0.2) is 60.8 Å². The summed E-state index contributed by atoms with van der Waals surface area (Å²) in [6, 6.07) is 0. The van der Waals surface area contributed by atoms with Gasteiger partial charge in [-0.15, -0.1) is 0 Å². The van der Waals surface area contributed by atoms with Crippen molar-refractivity contribution in [3.8, 4) is 0 Å². The molecule has 0 N–H and O–H groups in total. The summed E-state index contributed by atoms with van der Waals surface area (Å²) in [5.74, 6) is -0.867. The predicted molar refractivity (Wildman–Crippen MR) is 353 cm³/mol. The highest BCUT2D eigenvalue weighted by molar-refractivity contribution is 5.71. The van der Waals surface area contributed by atoms with Gasteiger partial charge in [0.1, 0.15) is 13.2 Å². The Kier molecular flexibility index (Phi) is 67.1. The molecule has 0 radical (unpaired) electrons. The Morgan fingerprint density at radius 2 is 0.481 bits per heavy atom. The van der Waals surface area contributed by atoms with Crippen LogP contribution >= 0.6 is 0 Å². The summed E-state index contributed by atoms with van der Waals surface area (Å²) in [6.07, 6.45) is 89.6. The lowest BCUT2D eigenvalue weighted by Gasteiger charge is -2.18. The Labute approximate surface area is 504 Å². The molecule has 0 bridgehead atoms. The number of carbonyl (C=O) groups is 3. The highest BCUT2D eigenvalue weighted by atomic mass is 16.6. The van der Waals surface area contributed by atoms with Gasteiger partial charge >= 0.3 is 17.9 Å². The molecule has 0 spiro atoms. The smallest absolute Gasteiger partial charge is 0.306 e. The molecule has 0 saturated heterocycles. The maximum atomic E-state index is 13.0. The van der Waals surface area contributed by atoms with Crippen molar-refractivity contribution >= 4 is 17.9 Å².